The van der Waals surface area contributed by atoms with E-state index in [0.29, 0.717) is 24.5 Å². The third-order valence-electron chi connectivity index (χ3n) is 8.10. The lowest BCUT2D eigenvalue weighted by atomic mass is 9.73. The zero-order valence-corrected chi connectivity index (χ0v) is 22.2. The standard InChI is InChI=1S/C30H32F8O2/c1-2-3-4-5-18-6-8-19(9-7-18)20-10-11-26(39-17-20)30(37,38)40-22-14-21-15-24(31)23(12-13-29(34,35)36)28(33)27(21)25(32)16-22/h14-16,18-20,26H,2-11,17H2,1H3. The Hall–Kier alpha value is -2.54. The van der Waals surface area contributed by atoms with Crippen molar-refractivity contribution in [3.63, 3.8) is 0 Å². The van der Waals surface area contributed by atoms with Gasteiger partial charge < -0.3 is 9.47 Å². The minimum absolute atomic E-state index is 0.0364. The Balaban J connectivity index is 1.39. The van der Waals surface area contributed by atoms with E-state index in [1.165, 1.54) is 31.6 Å². The molecule has 0 amide bonds. The average molecular weight is 577 g/mol. The molecule has 0 radical (unpaired) electrons. The van der Waals surface area contributed by atoms with Crippen molar-refractivity contribution in [2.75, 3.05) is 6.61 Å². The summed E-state index contributed by atoms with van der Waals surface area (Å²) in [5, 5.41) is -1.39. The molecule has 40 heavy (non-hydrogen) atoms. The van der Waals surface area contributed by atoms with E-state index in [-0.39, 0.29) is 18.9 Å². The second-order valence-electron chi connectivity index (χ2n) is 10.9. The van der Waals surface area contributed by atoms with Crippen molar-refractivity contribution in [3.05, 3.63) is 41.2 Å². The molecular formula is C30H32F8O2. The van der Waals surface area contributed by atoms with Gasteiger partial charge in [-0.15, -0.1) is 0 Å². The first-order valence-corrected chi connectivity index (χ1v) is 13.8. The number of benzene rings is 2. The third-order valence-corrected chi connectivity index (χ3v) is 8.10. The molecule has 2 unspecified atom stereocenters. The molecule has 1 heterocycles. The van der Waals surface area contributed by atoms with Crippen molar-refractivity contribution in [3.8, 4) is 17.6 Å². The topological polar surface area (TPSA) is 18.5 Å². The van der Waals surface area contributed by atoms with Crippen LogP contribution < -0.4 is 4.74 Å². The number of alkyl halides is 5. The number of hydrogen-bond donors (Lipinski definition) is 0. The van der Waals surface area contributed by atoms with Crippen LogP contribution in [-0.4, -0.2) is 25.0 Å². The zero-order valence-electron chi connectivity index (χ0n) is 22.2. The lowest BCUT2D eigenvalue weighted by Gasteiger charge is -2.39. The number of fused-ring (bicyclic) bond motifs is 1. The fourth-order valence-electron chi connectivity index (χ4n) is 5.96. The molecule has 1 saturated carbocycles. The first kappa shape index (κ1) is 30.4. The summed E-state index contributed by atoms with van der Waals surface area (Å²) in [6.45, 7) is 2.35. The maximum atomic E-state index is 15.0. The van der Waals surface area contributed by atoms with Gasteiger partial charge in [0.15, 0.2) is 11.9 Å². The van der Waals surface area contributed by atoms with E-state index in [1.54, 1.807) is 0 Å². The molecule has 2 aromatic rings. The molecule has 0 aromatic heterocycles. The lowest BCUT2D eigenvalue weighted by molar-refractivity contribution is -0.266. The first-order chi connectivity index (χ1) is 18.9. The van der Waals surface area contributed by atoms with Gasteiger partial charge in [0.1, 0.15) is 17.4 Å². The summed E-state index contributed by atoms with van der Waals surface area (Å²) in [6, 6.07) is 1.79. The highest BCUT2D eigenvalue weighted by molar-refractivity contribution is 5.87. The maximum absolute atomic E-state index is 15.0. The summed E-state index contributed by atoms with van der Waals surface area (Å²) in [7, 11) is 0. The molecule has 10 heteroatoms. The third kappa shape index (κ3) is 7.39. The van der Waals surface area contributed by atoms with Gasteiger partial charge >= 0.3 is 12.3 Å². The van der Waals surface area contributed by atoms with Crippen LogP contribution in [0.3, 0.4) is 0 Å². The Bertz CT molecular complexity index is 1230. The number of halogens is 8. The first-order valence-electron chi connectivity index (χ1n) is 13.8. The largest absolute Gasteiger partial charge is 0.458 e. The molecule has 2 aromatic carbocycles. The van der Waals surface area contributed by atoms with Gasteiger partial charge in [-0.2, -0.15) is 22.0 Å². The van der Waals surface area contributed by atoms with Crippen molar-refractivity contribution in [1.82, 2.24) is 0 Å². The number of ether oxygens (including phenoxy) is 2. The molecule has 2 atom stereocenters. The van der Waals surface area contributed by atoms with Crippen molar-refractivity contribution in [2.24, 2.45) is 17.8 Å². The van der Waals surface area contributed by atoms with E-state index in [9.17, 15) is 35.1 Å². The average Bonchev–Trinajstić information content (AvgIpc) is 2.88. The van der Waals surface area contributed by atoms with E-state index in [4.69, 9.17) is 9.47 Å². The van der Waals surface area contributed by atoms with Crippen LogP contribution in [0.5, 0.6) is 5.75 Å². The van der Waals surface area contributed by atoms with Crippen LogP contribution in [0.15, 0.2) is 18.2 Å². The molecular weight excluding hydrogens is 544 g/mol. The molecule has 2 nitrogen and oxygen atoms in total. The molecule has 1 aliphatic carbocycles. The minimum Gasteiger partial charge on any atom is -0.431 e. The van der Waals surface area contributed by atoms with Crippen LogP contribution in [-0.2, 0) is 4.74 Å². The molecule has 1 aliphatic heterocycles. The predicted molar refractivity (Wildman–Crippen MR) is 134 cm³/mol. The van der Waals surface area contributed by atoms with Crippen LogP contribution in [0.2, 0.25) is 0 Å². The molecule has 0 N–H and O–H groups in total. The van der Waals surface area contributed by atoms with Gasteiger partial charge in [0.25, 0.3) is 0 Å². The molecule has 220 valence electrons. The molecule has 2 fully saturated rings. The highest BCUT2D eigenvalue weighted by atomic mass is 19.4. The van der Waals surface area contributed by atoms with Gasteiger partial charge in [-0.3, -0.25) is 0 Å². The van der Waals surface area contributed by atoms with E-state index in [0.717, 1.165) is 43.6 Å². The molecule has 4 rings (SSSR count). The lowest BCUT2D eigenvalue weighted by Crippen LogP contribution is -2.45. The molecule has 0 spiro atoms. The van der Waals surface area contributed by atoms with Gasteiger partial charge in [0.2, 0.25) is 0 Å². The normalized spacial score (nSPS) is 24.0. The highest BCUT2D eigenvalue weighted by Crippen LogP contribution is 2.42. The van der Waals surface area contributed by atoms with E-state index < -0.39 is 57.9 Å². The predicted octanol–water partition coefficient (Wildman–Crippen LogP) is 9.32. The summed E-state index contributed by atoms with van der Waals surface area (Å²) in [5.74, 6) is -1.88. The Labute approximate surface area is 228 Å². The van der Waals surface area contributed by atoms with Crippen LogP contribution in [0.1, 0.15) is 76.7 Å². The molecule has 0 bridgehead atoms. The van der Waals surface area contributed by atoms with Gasteiger partial charge in [-0.25, -0.2) is 13.2 Å². The van der Waals surface area contributed by atoms with Crippen molar-refractivity contribution in [2.45, 2.75) is 89.5 Å². The van der Waals surface area contributed by atoms with Gasteiger partial charge in [0.05, 0.1) is 17.6 Å². The summed E-state index contributed by atoms with van der Waals surface area (Å²) in [5.41, 5.74) is -1.28. The number of unbranched alkanes of at least 4 members (excludes halogenated alkanes) is 2. The van der Waals surface area contributed by atoms with Crippen LogP contribution in [0.25, 0.3) is 10.8 Å². The minimum atomic E-state index is -5.02. The maximum Gasteiger partial charge on any atom is 0.458 e. The Morgan fingerprint density at radius 3 is 2.20 bits per heavy atom. The van der Waals surface area contributed by atoms with Crippen LogP contribution >= 0.6 is 0 Å². The van der Waals surface area contributed by atoms with Crippen molar-refractivity contribution >= 4 is 10.8 Å². The van der Waals surface area contributed by atoms with E-state index >= 15 is 0 Å². The van der Waals surface area contributed by atoms with Crippen molar-refractivity contribution < 1.29 is 44.6 Å². The Kier molecular flexibility index (Phi) is 9.54. The fourth-order valence-corrected chi connectivity index (χ4v) is 5.96. The molecule has 1 saturated heterocycles. The summed E-state index contributed by atoms with van der Waals surface area (Å²) >= 11 is 0. The van der Waals surface area contributed by atoms with E-state index in [1.807, 2.05) is 0 Å². The summed E-state index contributed by atoms with van der Waals surface area (Å²) < 4.78 is 121. The van der Waals surface area contributed by atoms with Gasteiger partial charge in [-0.1, -0.05) is 51.4 Å². The van der Waals surface area contributed by atoms with Crippen LogP contribution in [0, 0.1) is 47.0 Å². The Morgan fingerprint density at radius 2 is 1.57 bits per heavy atom. The second kappa shape index (κ2) is 12.5. The van der Waals surface area contributed by atoms with Gasteiger partial charge in [0, 0.05) is 12.0 Å². The Morgan fingerprint density at radius 1 is 0.875 bits per heavy atom. The monoisotopic (exact) mass is 576 g/mol. The number of hydrogen-bond acceptors (Lipinski definition) is 2. The molecule has 2 aliphatic rings. The smallest absolute Gasteiger partial charge is 0.431 e. The fraction of sp³-hybridized carbons (Fsp3) is 0.600. The quantitative estimate of drug-likeness (QED) is 0.177. The van der Waals surface area contributed by atoms with Crippen LogP contribution in [0.4, 0.5) is 35.1 Å². The zero-order chi connectivity index (χ0) is 29.1. The highest BCUT2D eigenvalue weighted by Gasteiger charge is 2.46. The summed E-state index contributed by atoms with van der Waals surface area (Å²) in [4.78, 5) is 0. The van der Waals surface area contributed by atoms with Gasteiger partial charge in [-0.05, 0) is 61.0 Å². The number of rotatable bonds is 8. The van der Waals surface area contributed by atoms with E-state index in [2.05, 4.69) is 6.92 Å². The second-order valence-corrected chi connectivity index (χ2v) is 10.9. The SMILES string of the molecule is CCCCCC1CCC(C2CCC(C(F)(F)Oc3cc(F)c4c(F)c(C#CC(F)(F)F)c(F)cc4c3)OC2)CC1. The summed E-state index contributed by atoms with van der Waals surface area (Å²) in [6.07, 6.45) is -0.511. The van der Waals surface area contributed by atoms with Crippen molar-refractivity contribution in [1.29, 1.82) is 0 Å².